The van der Waals surface area contributed by atoms with Crippen molar-refractivity contribution in [2.75, 3.05) is 14.1 Å². The number of nitrogens with one attached hydrogen (secondary N) is 1. The Morgan fingerprint density at radius 1 is 1.78 bits per heavy atom. The van der Waals surface area contributed by atoms with Crippen LogP contribution in [0.4, 0.5) is 0 Å². The number of nitrogens with zero attached hydrogens (tertiary/aromatic N) is 1. The zero-order valence-electron chi connectivity index (χ0n) is 5.55. The first-order valence-electron chi connectivity index (χ1n) is 2.60. The van der Waals surface area contributed by atoms with E-state index in [1.165, 1.54) is 5.01 Å². The van der Waals surface area contributed by atoms with Crippen molar-refractivity contribution in [1.82, 2.24) is 10.4 Å². The van der Waals surface area contributed by atoms with Crippen LogP contribution < -0.4 is 5.43 Å². The van der Waals surface area contributed by atoms with Gasteiger partial charge in [-0.15, -0.1) is 0 Å². The van der Waals surface area contributed by atoms with E-state index in [1.54, 1.807) is 14.1 Å². The standard InChI is InChI=1S/C5H10N2O2/c1-6-7(2)5(9)3-4-8/h4,6H,3H2,1-2H3. The smallest absolute Gasteiger partial charge is 0.243 e. The molecule has 0 heterocycles. The van der Waals surface area contributed by atoms with Gasteiger partial charge >= 0.3 is 0 Å². The first-order valence-corrected chi connectivity index (χ1v) is 2.60. The minimum absolute atomic E-state index is 0.0582. The number of aldehydes is 1. The normalized spacial score (nSPS) is 8.67. The summed E-state index contributed by atoms with van der Waals surface area (Å²) >= 11 is 0. The highest BCUT2D eigenvalue weighted by Gasteiger charge is 2.02. The summed E-state index contributed by atoms with van der Waals surface area (Å²) in [7, 11) is 3.18. The summed E-state index contributed by atoms with van der Waals surface area (Å²) in [6.45, 7) is 0. The van der Waals surface area contributed by atoms with E-state index in [4.69, 9.17) is 0 Å². The third-order valence-corrected chi connectivity index (χ3v) is 0.967. The van der Waals surface area contributed by atoms with Gasteiger partial charge in [0.2, 0.25) is 5.91 Å². The van der Waals surface area contributed by atoms with E-state index in [0.29, 0.717) is 6.29 Å². The van der Waals surface area contributed by atoms with Crippen LogP contribution in [0.1, 0.15) is 6.42 Å². The molecule has 0 aliphatic heterocycles. The number of amides is 1. The van der Waals surface area contributed by atoms with Gasteiger partial charge in [-0.1, -0.05) is 0 Å². The molecule has 4 nitrogen and oxygen atoms in total. The van der Waals surface area contributed by atoms with Crippen LogP contribution in [0.2, 0.25) is 0 Å². The topological polar surface area (TPSA) is 49.4 Å². The average Bonchev–Trinajstić information content (AvgIpc) is 1.87. The Kier molecular flexibility index (Phi) is 3.62. The molecule has 1 N–H and O–H groups in total. The Balaban J connectivity index is 3.58. The molecular formula is C5H10N2O2. The van der Waals surface area contributed by atoms with Gasteiger partial charge in [0.05, 0.1) is 6.42 Å². The predicted molar refractivity (Wildman–Crippen MR) is 32.5 cm³/mol. The summed E-state index contributed by atoms with van der Waals surface area (Å²) < 4.78 is 0. The molecule has 0 unspecified atom stereocenters. The summed E-state index contributed by atoms with van der Waals surface area (Å²) in [6, 6.07) is 0. The molecule has 1 amide bonds. The second-order valence-corrected chi connectivity index (χ2v) is 1.55. The minimum atomic E-state index is -0.229. The zero-order chi connectivity index (χ0) is 7.28. The van der Waals surface area contributed by atoms with Crippen LogP contribution in [-0.4, -0.2) is 31.3 Å². The van der Waals surface area contributed by atoms with Crippen molar-refractivity contribution in [3.63, 3.8) is 0 Å². The van der Waals surface area contributed by atoms with Gasteiger partial charge in [0.15, 0.2) is 0 Å². The minimum Gasteiger partial charge on any atom is -0.303 e. The van der Waals surface area contributed by atoms with Crippen LogP contribution in [0, 0.1) is 0 Å². The summed E-state index contributed by atoms with van der Waals surface area (Å²) in [4.78, 5) is 20.4. The van der Waals surface area contributed by atoms with E-state index in [-0.39, 0.29) is 12.3 Å². The van der Waals surface area contributed by atoms with Crippen LogP contribution in [0.15, 0.2) is 0 Å². The molecule has 0 bridgehead atoms. The lowest BCUT2D eigenvalue weighted by atomic mass is 10.4. The molecule has 0 saturated carbocycles. The molecule has 52 valence electrons. The van der Waals surface area contributed by atoms with Crippen molar-refractivity contribution in [1.29, 1.82) is 0 Å². The summed E-state index contributed by atoms with van der Waals surface area (Å²) in [5.74, 6) is -0.229. The van der Waals surface area contributed by atoms with Crippen LogP contribution in [0.25, 0.3) is 0 Å². The Morgan fingerprint density at radius 3 is 2.67 bits per heavy atom. The van der Waals surface area contributed by atoms with E-state index in [1.807, 2.05) is 0 Å². The average molecular weight is 130 g/mol. The van der Waals surface area contributed by atoms with Crippen LogP contribution >= 0.6 is 0 Å². The van der Waals surface area contributed by atoms with Crippen molar-refractivity contribution >= 4 is 12.2 Å². The maximum atomic E-state index is 10.6. The molecule has 4 heteroatoms. The van der Waals surface area contributed by atoms with Gasteiger partial charge in [0.1, 0.15) is 6.29 Å². The lowest BCUT2D eigenvalue weighted by molar-refractivity contribution is -0.133. The van der Waals surface area contributed by atoms with E-state index in [9.17, 15) is 9.59 Å². The van der Waals surface area contributed by atoms with E-state index in [2.05, 4.69) is 5.43 Å². The second kappa shape index (κ2) is 4.03. The number of carbonyl (C=O) groups excluding carboxylic acids is 2. The first kappa shape index (κ1) is 8.10. The Hall–Kier alpha value is -0.900. The molecule has 0 spiro atoms. The molecule has 9 heavy (non-hydrogen) atoms. The first-order chi connectivity index (χ1) is 4.22. The zero-order valence-corrected chi connectivity index (χ0v) is 5.55. The highest BCUT2D eigenvalue weighted by molar-refractivity contribution is 5.87. The van der Waals surface area contributed by atoms with Gasteiger partial charge in [0.25, 0.3) is 0 Å². The second-order valence-electron chi connectivity index (χ2n) is 1.55. The van der Waals surface area contributed by atoms with Crippen LogP contribution in [-0.2, 0) is 9.59 Å². The summed E-state index contributed by atoms with van der Waals surface area (Å²) in [5.41, 5.74) is 2.57. The Morgan fingerprint density at radius 2 is 2.33 bits per heavy atom. The highest BCUT2D eigenvalue weighted by atomic mass is 16.2. The number of rotatable bonds is 3. The van der Waals surface area contributed by atoms with Gasteiger partial charge in [-0.05, 0) is 0 Å². The lowest BCUT2D eigenvalue weighted by Gasteiger charge is -2.12. The molecule has 0 aromatic rings. The third kappa shape index (κ3) is 2.81. The van der Waals surface area contributed by atoms with Gasteiger partial charge in [-0.2, -0.15) is 0 Å². The fourth-order valence-electron chi connectivity index (χ4n) is 0.333. The maximum Gasteiger partial charge on any atom is 0.243 e. The van der Waals surface area contributed by atoms with Crippen molar-refractivity contribution in [3.8, 4) is 0 Å². The number of hydrazine groups is 1. The van der Waals surface area contributed by atoms with Crippen LogP contribution in [0.3, 0.4) is 0 Å². The molecule has 0 saturated heterocycles. The molecule has 0 aliphatic carbocycles. The largest absolute Gasteiger partial charge is 0.303 e. The summed E-state index contributed by atoms with van der Waals surface area (Å²) in [6.07, 6.45) is 0.521. The number of hydrogen-bond donors (Lipinski definition) is 1. The van der Waals surface area contributed by atoms with Crippen molar-refractivity contribution < 1.29 is 9.59 Å². The quantitative estimate of drug-likeness (QED) is 0.308. The van der Waals surface area contributed by atoms with Crippen molar-refractivity contribution in [3.05, 3.63) is 0 Å². The number of hydrogen-bond acceptors (Lipinski definition) is 3. The SMILES string of the molecule is CNN(C)C(=O)CC=O. The summed E-state index contributed by atoms with van der Waals surface area (Å²) in [5, 5.41) is 1.26. The van der Waals surface area contributed by atoms with Gasteiger partial charge < -0.3 is 4.79 Å². The van der Waals surface area contributed by atoms with Gasteiger partial charge in [-0.25, -0.2) is 5.43 Å². The van der Waals surface area contributed by atoms with E-state index >= 15 is 0 Å². The van der Waals surface area contributed by atoms with Crippen molar-refractivity contribution in [2.45, 2.75) is 6.42 Å². The van der Waals surface area contributed by atoms with Gasteiger partial charge in [0, 0.05) is 14.1 Å². The third-order valence-electron chi connectivity index (χ3n) is 0.967. The lowest BCUT2D eigenvalue weighted by Crippen LogP contribution is -2.36. The molecule has 0 fully saturated rings. The molecule has 0 aliphatic rings. The molecule has 0 rings (SSSR count). The Labute approximate surface area is 53.8 Å². The van der Waals surface area contributed by atoms with Crippen molar-refractivity contribution in [2.24, 2.45) is 0 Å². The number of carbonyl (C=O) groups is 2. The molecule has 0 atom stereocenters. The van der Waals surface area contributed by atoms with Gasteiger partial charge in [-0.3, -0.25) is 9.80 Å². The van der Waals surface area contributed by atoms with E-state index < -0.39 is 0 Å². The molecule has 0 aromatic heterocycles. The molecular weight excluding hydrogens is 120 g/mol. The fraction of sp³-hybridized carbons (Fsp3) is 0.600. The Bertz CT molecular complexity index is 114. The fourth-order valence-corrected chi connectivity index (χ4v) is 0.333. The highest BCUT2D eigenvalue weighted by Crippen LogP contribution is 1.80. The van der Waals surface area contributed by atoms with Crippen LogP contribution in [0.5, 0.6) is 0 Å². The molecule has 0 radical (unpaired) electrons. The molecule has 0 aromatic carbocycles. The van der Waals surface area contributed by atoms with E-state index in [0.717, 1.165) is 0 Å². The monoisotopic (exact) mass is 130 g/mol. The maximum absolute atomic E-state index is 10.6. The predicted octanol–water partition coefficient (Wildman–Crippen LogP) is -0.832.